The maximum absolute atomic E-state index is 12.8. The molecule has 1 atom stereocenters. The highest BCUT2D eigenvalue weighted by Crippen LogP contribution is 2.20. The number of benzene rings is 2. The molecule has 196 valence electrons. The number of amides is 1. The number of hydrogen-bond donors (Lipinski definition) is 3. The standard InChI is InChI=1S/C24H31ClN4O6S/c25-20-9-11-21(12-10-20)28-14-16-29(17-15-28)36(33,34)27-22(23(30)31)8-4-5-13-26-24(32)35-18-19-6-2-1-3-7-19/h1-3,6-7,9-12,22,27H,4-5,8,13-18H2,(H,26,32)(H,30,31)/t22-/m1/s1. The lowest BCUT2D eigenvalue weighted by Gasteiger charge is -2.35. The van der Waals surface area contributed by atoms with Gasteiger partial charge in [0.25, 0.3) is 10.2 Å². The number of unbranched alkanes of at least 4 members (excludes halogenated alkanes) is 1. The van der Waals surface area contributed by atoms with E-state index in [-0.39, 0.29) is 26.1 Å². The Kier molecular flexibility index (Phi) is 10.4. The molecule has 2 aromatic carbocycles. The highest BCUT2D eigenvalue weighted by molar-refractivity contribution is 7.87. The van der Waals surface area contributed by atoms with Crippen LogP contribution in [0.25, 0.3) is 0 Å². The van der Waals surface area contributed by atoms with E-state index in [1.165, 1.54) is 4.31 Å². The second-order valence-electron chi connectivity index (χ2n) is 8.36. The zero-order chi connectivity index (χ0) is 26.0. The van der Waals surface area contributed by atoms with Crippen LogP contribution in [0.4, 0.5) is 10.5 Å². The van der Waals surface area contributed by atoms with Crippen LogP contribution in [0.1, 0.15) is 24.8 Å². The Morgan fingerprint density at radius 3 is 2.31 bits per heavy atom. The number of carbonyl (C=O) groups is 2. The second-order valence-corrected chi connectivity index (χ2v) is 10.5. The predicted molar refractivity (Wildman–Crippen MR) is 137 cm³/mol. The quantitative estimate of drug-likeness (QED) is 0.354. The Balaban J connectivity index is 1.37. The molecule has 1 aliphatic rings. The zero-order valence-electron chi connectivity index (χ0n) is 19.8. The molecule has 0 saturated carbocycles. The van der Waals surface area contributed by atoms with Crippen molar-refractivity contribution in [2.45, 2.75) is 31.9 Å². The molecule has 2 aromatic rings. The number of hydrogen-bond acceptors (Lipinski definition) is 6. The van der Waals surface area contributed by atoms with E-state index in [1.807, 2.05) is 42.5 Å². The van der Waals surface area contributed by atoms with E-state index in [0.29, 0.717) is 37.5 Å². The van der Waals surface area contributed by atoms with E-state index in [2.05, 4.69) is 14.9 Å². The number of nitrogens with one attached hydrogen (secondary N) is 2. The third kappa shape index (κ3) is 8.66. The fraction of sp³-hybridized carbons (Fsp3) is 0.417. The SMILES string of the molecule is O=C(NCCCC[C@@H](NS(=O)(=O)N1CCN(c2ccc(Cl)cc2)CC1)C(=O)O)OCc1ccccc1. The number of ether oxygens (including phenoxy) is 1. The van der Waals surface area contributed by atoms with Crippen molar-refractivity contribution in [1.82, 2.24) is 14.3 Å². The molecule has 0 aromatic heterocycles. The van der Waals surface area contributed by atoms with Crippen LogP contribution in [0.3, 0.4) is 0 Å². The minimum Gasteiger partial charge on any atom is -0.480 e. The Bertz CT molecular complexity index is 1090. The highest BCUT2D eigenvalue weighted by Gasteiger charge is 2.31. The van der Waals surface area contributed by atoms with Crippen molar-refractivity contribution >= 4 is 39.6 Å². The zero-order valence-corrected chi connectivity index (χ0v) is 21.4. The summed E-state index contributed by atoms with van der Waals surface area (Å²) in [7, 11) is -3.96. The molecule has 0 spiro atoms. The predicted octanol–water partition coefficient (Wildman–Crippen LogP) is 2.85. The molecule has 12 heteroatoms. The van der Waals surface area contributed by atoms with Gasteiger partial charge >= 0.3 is 12.1 Å². The maximum atomic E-state index is 12.8. The monoisotopic (exact) mass is 538 g/mol. The fourth-order valence-corrected chi connectivity index (χ4v) is 5.26. The number of carbonyl (C=O) groups excluding carboxylic acids is 1. The minimum absolute atomic E-state index is 0.0973. The average Bonchev–Trinajstić information content (AvgIpc) is 2.87. The van der Waals surface area contributed by atoms with Crippen LogP contribution in [0.2, 0.25) is 5.02 Å². The summed E-state index contributed by atoms with van der Waals surface area (Å²) in [4.78, 5) is 25.5. The van der Waals surface area contributed by atoms with Gasteiger partial charge in [-0.25, -0.2) is 4.79 Å². The molecule has 1 saturated heterocycles. The molecule has 1 fully saturated rings. The van der Waals surface area contributed by atoms with Crippen molar-refractivity contribution in [3.05, 3.63) is 65.2 Å². The smallest absolute Gasteiger partial charge is 0.407 e. The van der Waals surface area contributed by atoms with Gasteiger partial charge in [0.1, 0.15) is 12.6 Å². The van der Waals surface area contributed by atoms with E-state index in [9.17, 15) is 23.1 Å². The summed E-state index contributed by atoms with van der Waals surface area (Å²) in [6.07, 6.45) is 0.418. The molecule has 1 amide bonds. The first-order valence-corrected chi connectivity index (χ1v) is 13.5. The normalized spacial score (nSPS) is 15.3. The Morgan fingerprint density at radius 1 is 1.00 bits per heavy atom. The van der Waals surface area contributed by atoms with Crippen LogP contribution in [-0.2, 0) is 26.3 Å². The summed E-state index contributed by atoms with van der Waals surface area (Å²) < 4.78 is 34.3. The lowest BCUT2D eigenvalue weighted by Crippen LogP contribution is -2.54. The molecule has 0 radical (unpaired) electrons. The first kappa shape index (κ1) is 27.7. The van der Waals surface area contributed by atoms with Crippen LogP contribution in [0, 0.1) is 0 Å². The van der Waals surface area contributed by atoms with Crippen molar-refractivity contribution in [3.63, 3.8) is 0 Å². The first-order valence-electron chi connectivity index (χ1n) is 11.7. The number of nitrogens with zero attached hydrogens (tertiary/aromatic N) is 2. The van der Waals surface area contributed by atoms with E-state index in [1.54, 1.807) is 12.1 Å². The molecule has 1 aliphatic heterocycles. The lowest BCUT2D eigenvalue weighted by atomic mass is 10.1. The second kappa shape index (κ2) is 13.4. The Morgan fingerprint density at radius 2 is 1.67 bits per heavy atom. The average molecular weight is 539 g/mol. The van der Waals surface area contributed by atoms with Crippen molar-refractivity contribution in [2.24, 2.45) is 0 Å². The van der Waals surface area contributed by atoms with Gasteiger partial charge in [0, 0.05) is 43.4 Å². The number of aliphatic carboxylic acids is 1. The summed E-state index contributed by atoms with van der Waals surface area (Å²) in [6, 6.07) is 15.3. The molecular formula is C24H31ClN4O6S. The van der Waals surface area contributed by atoms with Crippen LogP contribution >= 0.6 is 11.6 Å². The van der Waals surface area contributed by atoms with Crippen molar-refractivity contribution in [2.75, 3.05) is 37.6 Å². The van der Waals surface area contributed by atoms with Gasteiger partial charge in [0.05, 0.1) is 0 Å². The molecule has 3 rings (SSSR count). The van der Waals surface area contributed by atoms with Crippen molar-refractivity contribution < 1.29 is 27.9 Å². The van der Waals surface area contributed by atoms with E-state index in [0.717, 1.165) is 11.3 Å². The molecule has 0 bridgehead atoms. The number of carboxylic acid groups (broad SMARTS) is 1. The molecule has 36 heavy (non-hydrogen) atoms. The van der Waals surface area contributed by atoms with Gasteiger partial charge in [-0.3, -0.25) is 4.79 Å². The molecule has 0 unspecified atom stereocenters. The van der Waals surface area contributed by atoms with Crippen molar-refractivity contribution in [3.8, 4) is 0 Å². The number of anilines is 1. The van der Waals surface area contributed by atoms with E-state index >= 15 is 0 Å². The third-order valence-corrected chi connectivity index (χ3v) is 7.64. The summed E-state index contributed by atoms with van der Waals surface area (Å²) in [5.41, 5.74) is 1.82. The first-order chi connectivity index (χ1) is 17.2. The Labute approximate surface area is 216 Å². The van der Waals surface area contributed by atoms with Crippen LogP contribution in [0.15, 0.2) is 54.6 Å². The van der Waals surface area contributed by atoms with Gasteiger partial charge in [-0.1, -0.05) is 41.9 Å². The van der Waals surface area contributed by atoms with Gasteiger partial charge < -0.3 is 20.1 Å². The number of piperazine rings is 1. The molecule has 10 nitrogen and oxygen atoms in total. The van der Waals surface area contributed by atoms with Crippen molar-refractivity contribution in [1.29, 1.82) is 0 Å². The van der Waals surface area contributed by atoms with E-state index < -0.39 is 28.3 Å². The van der Waals surface area contributed by atoms with Crippen LogP contribution in [0.5, 0.6) is 0 Å². The number of halogens is 1. The lowest BCUT2D eigenvalue weighted by molar-refractivity contribution is -0.139. The number of alkyl carbamates (subject to hydrolysis) is 1. The molecular weight excluding hydrogens is 508 g/mol. The largest absolute Gasteiger partial charge is 0.480 e. The van der Waals surface area contributed by atoms with Gasteiger partial charge in [-0.05, 0) is 49.1 Å². The van der Waals surface area contributed by atoms with Gasteiger partial charge in [-0.15, -0.1) is 0 Å². The summed E-state index contributed by atoms with van der Waals surface area (Å²) >= 11 is 5.92. The summed E-state index contributed by atoms with van der Waals surface area (Å²) in [5, 5.41) is 12.8. The van der Waals surface area contributed by atoms with Crippen LogP contribution in [-0.4, -0.2) is 68.7 Å². The summed E-state index contributed by atoms with van der Waals surface area (Å²) in [6.45, 7) is 1.88. The summed E-state index contributed by atoms with van der Waals surface area (Å²) in [5.74, 6) is -1.24. The number of carboxylic acids is 1. The third-order valence-electron chi connectivity index (χ3n) is 5.76. The fourth-order valence-electron chi connectivity index (χ4n) is 3.76. The van der Waals surface area contributed by atoms with Gasteiger partial charge in [0.15, 0.2) is 0 Å². The van der Waals surface area contributed by atoms with Gasteiger partial charge in [0.2, 0.25) is 0 Å². The Hall–Kier alpha value is -2.86. The molecule has 0 aliphatic carbocycles. The molecule has 3 N–H and O–H groups in total. The highest BCUT2D eigenvalue weighted by atomic mass is 35.5. The topological polar surface area (TPSA) is 128 Å². The van der Waals surface area contributed by atoms with E-state index in [4.69, 9.17) is 16.3 Å². The molecule has 1 heterocycles. The van der Waals surface area contributed by atoms with Gasteiger partial charge in [-0.2, -0.15) is 17.4 Å². The van der Waals surface area contributed by atoms with Crippen LogP contribution < -0.4 is 14.9 Å². The maximum Gasteiger partial charge on any atom is 0.407 e. The minimum atomic E-state index is -3.96. The number of rotatable bonds is 12.